The smallest absolute Gasteiger partial charge is 0.306 e. The van der Waals surface area contributed by atoms with E-state index in [1.165, 1.54) is 12.1 Å². The number of aliphatic hydroxyl groups is 1. The first-order chi connectivity index (χ1) is 24.4. The number of aromatic hydroxyl groups is 1. The van der Waals surface area contributed by atoms with Crippen molar-refractivity contribution >= 4 is 40.3 Å². The standard InChI is InChI=1S/C39H54N4O8/c1-25(2)9-4-3-5-13-37(48)42-34(24-44)36(47)22-28(19-26-14-16-30(45)17-15-26)38(49)43-33(35(46)21-27(39(50)51)10-8-18-40)20-29-23-41-32-12-7-6-11-31(29)32/h6-7,11-12,14-17,23,25,27-28,33-34,41,44-45H,3-5,8-10,13,18-22,24,40H2,1-2H3,(H,42,48)(H,43,49)(H,50,51)/t27-,28-,33+,34+/m0/s1. The normalized spacial score (nSPS) is 13.7. The van der Waals surface area contributed by atoms with Gasteiger partial charge in [0.25, 0.3) is 0 Å². The molecule has 278 valence electrons. The minimum absolute atomic E-state index is 0.0232. The van der Waals surface area contributed by atoms with Crippen LogP contribution in [0.3, 0.4) is 0 Å². The summed E-state index contributed by atoms with van der Waals surface area (Å²) in [7, 11) is 0. The molecule has 8 N–H and O–H groups in total. The van der Waals surface area contributed by atoms with Gasteiger partial charge in [0.1, 0.15) is 11.8 Å². The number of carboxylic acid groups (broad SMARTS) is 1. The molecule has 0 aliphatic heterocycles. The van der Waals surface area contributed by atoms with E-state index in [-0.39, 0.29) is 56.7 Å². The second-order valence-electron chi connectivity index (χ2n) is 13.8. The van der Waals surface area contributed by atoms with Gasteiger partial charge in [-0.3, -0.25) is 24.0 Å². The lowest BCUT2D eigenvalue weighted by molar-refractivity contribution is -0.144. The zero-order valence-corrected chi connectivity index (χ0v) is 29.7. The van der Waals surface area contributed by atoms with E-state index in [4.69, 9.17) is 5.73 Å². The lowest BCUT2D eigenvalue weighted by atomic mass is 9.89. The number of benzene rings is 2. The van der Waals surface area contributed by atoms with Crippen LogP contribution in [0.5, 0.6) is 5.75 Å². The van der Waals surface area contributed by atoms with Gasteiger partial charge in [0, 0.05) is 48.7 Å². The van der Waals surface area contributed by atoms with Gasteiger partial charge in [-0.2, -0.15) is 0 Å². The molecule has 12 nitrogen and oxygen atoms in total. The summed E-state index contributed by atoms with van der Waals surface area (Å²) in [5.41, 5.74) is 7.82. The molecule has 2 amide bonds. The summed E-state index contributed by atoms with van der Waals surface area (Å²) in [6.45, 7) is 3.90. The number of hydrogen-bond donors (Lipinski definition) is 7. The first-order valence-electron chi connectivity index (χ1n) is 17.9. The van der Waals surface area contributed by atoms with Crippen molar-refractivity contribution in [2.45, 2.75) is 96.6 Å². The number of nitrogens with two attached hydrogens (primary N) is 1. The molecule has 0 aliphatic carbocycles. The van der Waals surface area contributed by atoms with Gasteiger partial charge < -0.3 is 36.7 Å². The van der Waals surface area contributed by atoms with E-state index in [0.29, 0.717) is 24.3 Å². The Morgan fingerprint density at radius 1 is 0.804 bits per heavy atom. The Morgan fingerprint density at radius 2 is 1.49 bits per heavy atom. The quantitative estimate of drug-likeness (QED) is 0.0665. The molecule has 1 heterocycles. The van der Waals surface area contributed by atoms with Crippen LogP contribution in [-0.4, -0.2) is 74.9 Å². The number of carboxylic acids is 1. The SMILES string of the molecule is CC(C)CCCCCC(=O)N[C@H](CO)C(=O)C[C@H](Cc1ccc(O)cc1)C(=O)N[C@H](Cc1c[nH]c2ccccc12)C(=O)C[C@H](CCCN)C(=O)O. The third-order valence-corrected chi connectivity index (χ3v) is 9.19. The number of aliphatic carboxylic acids is 1. The van der Waals surface area contributed by atoms with Crippen LogP contribution in [0.15, 0.2) is 54.7 Å². The summed E-state index contributed by atoms with van der Waals surface area (Å²) in [6, 6.07) is 11.3. The summed E-state index contributed by atoms with van der Waals surface area (Å²) in [6.07, 6.45) is 5.62. The molecule has 0 aliphatic rings. The number of H-pyrrole nitrogens is 1. The Hall–Kier alpha value is -4.55. The summed E-state index contributed by atoms with van der Waals surface area (Å²) in [4.78, 5) is 69.2. The molecular weight excluding hydrogens is 652 g/mol. The summed E-state index contributed by atoms with van der Waals surface area (Å²) >= 11 is 0. The number of rotatable bonds is 24. The van der Waals surface area contributed by atoms with Gasteiger partial charge in [-0.05, 0) is 67.5 Å². The van der Waals surface area contributed by atoms with Gasteiger partial charge in [-0.1, -0.05) is 63.4 Å². The van der Waals surface area contributed by atoms with Crippen molar-refractivity contribution in [3.63, 3.8) is 0 Å². The average molecular weight is 707 g/mol. The highest BCUT2D eigenvalue weighted by molar-refractivity contribution is 5.96. The topological polar surface area (TPSA) is 212 Å². The van der Waals surface area contributed by atoms with Crippen LogP contribution in [0.1, 0.15) is 82.8 Å². The number of para-hydroxylation sites is 1. The minimum Gasteiger partial charge on any atom is -0.508 e. The van der Waals surface area contributed by atoms with Crippen molar-refractivity contribution in [2.24, 2.45) is 23.5 Å². The number of amides is 2. The highest BCUT2D eigenvalue weighted by atomic mass is 16.4. The van der Waals surface area contributed by atoms with Crippen molar-refractivity contribution < 1.29 is 39.3 Å². The lowest BCUT2D eigenvalue weighted by Crippen LogP contribution is -2.48. The van der Waals surface area contributed by atoms with E-state index in [2.05, 4.69) is 29.5 Å². The maximum atomic E-state index is 14.1. The molecule has 0 saturated carbocycles. The maximum Gasteiger partial charge on any atom is 0.306 e. The molecule has 51 heavy (non-hydrogen) atoms. The van der Waals surface area contributed by atoms with Gasteiger partial charge in [0.2, 0.25) is 11.8 Å². The van der Waals surface area contributed by atoms with E-state index >= 15 is 0 Å². The predicted octanol–water partition coefficient (Wildman–Crippen LogP) is 4.20. The number of aromatic amines is 1. The van der Waals surface area contributed by atoms with Crippen LogP contribution < -0.4 is 16.4 Å². The van der Waals surface area contributed by atoms with E-state index in [0.717, 1.165) is 35.7 Å². The van der Waals surface area contributed by atoms with E-state index in [9.17, 15) is 39.3 Å². The fourth-order valence-electron chi connectivity index (χ4n) is 6.19. The molecule has 4 atom stereocenters. The zero-order chi connectivity index (χ0) is 37.3. The Balaban J connectivity index is 1.83. The lowest BCUT2D eigenvalue weighted by Gasteiger charge is -2.24. The van der Waals surface area contributed by atoms with Crippen LogP contribution in [0.4, 0.5) is 0 Å². The van der Waals surface area contributed by atoms with Crippen LogP contribution in [0, 0.1) is 17.8 Å². The van der Waals surface area contributed by atoms with E-state index < -0.39 is 54.0 Å². The van der Waals surface area contributed by atoms with Gasteiger partial charge >= 0.3 is 5.97 Å². The monoisotopic (exact) mass is 706 g/mol. The fraction of sp³-hybridized carbons (Fsp3) is 0.513. The molecule has 0 fully saturated rings. The molecular formula is C39H54N4O8. The number of carbonyl (C=O) groups is 5. The molecule has 0 unspecified atom stereocenters. The molecule has 3 rings (SSSR count). The maximum absolute atomic E-state index is 14.1. The number of ketones is 2. The van der Waals surface area contributed by atoms with Crippen LogP contribution in [0.2, 0.25) is 0 Å². The van der Waals surface area contributed by atoms with Crippen molar-refractivity contribution in [1.29, 1.82) is 0 Å². The Morgan fingerprint density at radius 3 is 2.16 bits per heavy atom. The number of hydrogen-bond acceptors (Lipinski definition) is 8. The average Bonchev–Trinajstić information content (AvgIpc) is 3.51. The van der Waals surface area contributed by atoms with Gasteiger partial charge in [0.05, 0.1) is 18.6 Å². The number of aromatic nitrogens is 1. The number of phenols is 1. The molecule has 0 bridgehead atoms. The van der Waals surface area contributed by atoms with Crippen molar-refractivity contribution in [1.82, 2.24) is 15.6 Å². The highest BCUT2D eigenvalue weighted by Gasteiger charge is 2.32. The van der Waals surface area contributed by atoms with E-state index in [1.807, 2.05) is 24.3 Å². The number of unbranched alkanes of at least 4 members (excludes halogenated alkanes) is 2. The Kier molecular flexibility index (Phi) is 16.8. The first kappa shape index (κ1) is 40.9. The van der Waals surface area contributed by atoms with Crippen molar-refractivity contribution in [3.05, 3.63) is 65.9 Å². The number of carbonyl (C=O) groups excluding carboxylic acids is 4. The highest BCUT2D eigenvalue weighted by Crippen LogP contribution is 2.23. The van der Waals surface area contributed by atoms with Crippen LogP contribution in [0.25, 0.3) is 10.9 Å². The van der Waals surface area contributed by atoms with Crippen LogP contribution in [-0.2, 0) is 36.8 Å². The Bertz CT molecular complexity index is 1590. The number of Topliss-reactive ketones (excluding diaryl/α,β-unsaturated/α-hetero) is 2. The fourth-order valence-corrected chi connectivity index (χ4v) is 6.19. The summed E-state index contributed by atoms with van der Waals surface area (Å²) in [5, 5.41) is 36.0. The largest absolute Gasteiger partial charge is 0.508 e. The molecule has 12 heteroatoms. The van der Waals surface area contributed by atoms with Gasteiger partial charge in [0.15, 0.2) is 11.6 Å². The second kappa shape index (κ2) is 21.0. The minimum atomic E-state index is -1.22. The number of nitrogens with one attached hydrogen (secondary N) is 3. The third-order valence-electron chi connectivity index (χ3n) is 9.19. The molecule has 0 radical (unpaired) electrons. The van der Waals surface area contributed by atoms with Gasteiger partial charge in [-0.15, -0.1) is 0 Å². The van der Waals surface area contributed by atoms with Crippen LogP contribution >= 0.6 is 0 Å². The molecule has 2 aromatic carbocycles. The molecule has 0 saturated heterocycles. The first-order valence-corrected chi connectivity index (χ1v) is 17.9. The Labute approximate surface area is 299 Å². The number of fused-ring (bicyclic) bond motifs is 1. The zero-order valence-electron chi connectivity index (χ0n) is 29.7. The van der Waals surface area contributed by atoms with Gasteiger partial charge in [-0.25, -0.2) is 0 Å². The third kappa shape index (κ3) is 13.6. The number of phenolic OH excluding ortho intramolecular Hbond substituents is 1. The summed E-state index contributed by atoms with van der Waals surface area (Å²) < 4.78 is 0. The van der Waals surface area contributed by atoms with E-state index in [1.54, 1.807) is 18.3 Å². The van der Waals surface area contributed by atoms with Crippen molar-refractivity contribution in [2.75, 3.05) is 13.2 Å². The second-order valence-corrected chi connectivity index (χ2v) is 13.8. The summed E-state index contributed by atoms with van der Waals surface area (Å²) in [5.74, 6) is -4.52. The number of aliphatic hydroxyl groups excluding tert-OH is 1. The predicted molar refractivity (Wildman–Crippen MR) is 195 cm³/mol. The molecule has 0 spiro atoms. The van der Waals surface area contributed by atoms with Crippen molar-refractivity contribution in [3.8, 4) is 5.75 Å². The molecule has 1 aromatic heterocycles. The molecule has 3 aromatic rings.